The standard InChI is InChI=1S/C14H13N3/c1-10-9-17(2)14-4-3-11(7-12(10)14)13-8-15-5-6-16-13/h3-9H,1-2H3. The largest absolute Gasteiger partial charge is 0.350 e. The van der Waals surface area contributed by atoms with E-state index in [1.807, 2.05) is 0 Å². The molecule has 0 bridgehead atoms. The molecule has 0 aliphatic rings. The van der Waals surface area contributed by atoms with E-state index in [-0.39, 0.29) is 0 Å². The summed E-state index contributed by atoms with van der Waals surface area (Å²) in [6, 6.07) is 6.40. The second kappa shape index (κ2) is 3.70. The summed E-state index contributed by atoms with van der Waals surface area (Å²) in [5, 5.41) is 1.27. The van der Waals surface area contributed by atoms with Gasteiger partial charge in [0.15, 0.2) is 0 Å². The van der Waals surface area contributed by atoms with Crippen LogP contribution in [0.4, 0.5) is 0 Å². The van der Waals surface area contributed by atoms with Crippen molar-refractivity contribution >= 4 is 10.9 Å². The molecule has 0 aliphatic carbocycles. The number of aryl methyl sites for hydroxylation is 2. The van der Waals surface area contributed by atoms with Crippen molar-refractivity contribution in [2.45, 2.75) is 6.92 Å². The Morgan fingerprint density at radius 3 is 2.82 bits per heavy atom. The molecule has 0 atom stereocenters. The lowest BCUT2D eigenvalue weighted by Gasteiger charge is -2.01. The summed E-state index contributed by atoms with van der Waals surface area (Å²) in [6.45, 7) is 2.13. The number of hydrogen-bond acceptors (Lipinski definition) is 2. The Morgan fingerprint density at radius 1 is 1.18 bits per heavy atom. The van der Waals surface area contributed by atoms with Gasteiger partial charge in [0.2, 0.25) is 0 Å². The van der Waals surface area contributed by atoms with E-state index < -0.39 is 0 Å². The third-order valence-electron chi connectivity index (χ3n) is 3.05. The SMILES string of the molecule is Cc1cn(C)c2ccc(-c3cnccn3)cc12. The number of benzene rings is 1. The minimum atomic E-state index is 0.914. The molecule has 0 aliphatic heterocycles. The number of hydrogen-bond donors (Lipinski definition) is 0. The van der Waals surface area contributed by atoms with E-state index in [1.165, 1.54) is 16.5 Å². The van der Waals surface area contributed by atoms with E-state index in [2.05, 4.69) is 52.9 Å². The first-order chi connectivity index (χ1) is 8.25. The maximum atomic E-state index is 4.32. The summed E-state index contributed by atoms with van der Waals surface area (Å²) in [6.07, 6.45) is 7.34. The maximum Gasteiger partial charge on any atom is 0.0885 e. The second-order valence-corrected chi connectivity index (χ2v) is 4.25. The first kappa shape index (κ1) is 10.0. The van der Waals surface area contributed by atoms with Crippen molar-refractivity contribution in [1.82, 2.24) is 14.5 Å². The van der Waals surface area contributed by atoms with Crippen LogP contribution in [0.25, 0.3) is 22.2 Å². The highest BCUT2D eigenvalue weighted by atomic mass is 14.9. The van der Waals surface area contributed by atoms with Crippen molar-refractivity contribution in [2.24, 2.45) is 7.05 Å². The predicted octanol–water partition coefficient (Wildman–Crippen LogP) is 2.94. The lowest BCUT2D eigenvalue weighted by molar-refractivity contribution is 0.964. The molecule has 1 aromatic carbocycles. The lowest BCUT2D eigenvalue weighted by Crippen LogP contribution is -1.86. The molecule has 3 rings (SSSR count). The van der Waals surface area contributed by atoms with Gasteiger partial charge in [0.05, 0.1) is 11.9 Å². The zero-order valence-electron chi connectivity index (χ0n) is 9.88. The quantitative estimate of drug-likeness (QED) is 0.635. The van der Waals surface area contributed by atoms with Gasteiger partial charge in [0.1, 0.15) is 0 Å². The monoisotopic (exact) mass is 223 g/mol. The molecule has 0 spiro atoms. The number of aromatic nitrogens is 3. The fourth-order valence-electron chi connectivity index (χ4n) is 2.20. The average Bonchev–Trinajstić information content (AvgIpc) is 2.66. The molecule has 3 heteroatoms. The third-order valence-corrected chi connectivity index (χ3v) is 3.05. The van der Waals surface area contributed by atoms with E-state index in [9.17, 15) is 0 Å². The zero-order chi connectivity index (χ0) is 11.8. The molecular formula is C14H13N3. The Labute approximate surface area is 99.8 Å². The molecule has 0 unspecified atom stereocenters. The van der Waals surface area contributed by atoms with Crippen molar-refractivity contribution in [3.8, 4) is 11.3 Å². The van der Waals surface area contributed by atoms with E-state index in [1.54, 1.807) is 18.6 Å². The van der Waals surface area contributed by atoms with Crippen molar-refractivity contribution in [3.05, 3.63) is 48.5 Å². The molecule has 0 fully saturated rings. The molecule has 3 aromatic rings. The normalized spacial score (nSPS) is 10.9. The van der Waals surface area contributed by atoms with E-state index in [4.69, 9.17) is 0 Å². The Morgan fingerprint density at radius 2 is 2.06 bits per heavy atom. The minimum absolute atomic E-state index is 0.914. The molecular weight excluding hydrogens is 210 g/mol. The van der Waals surface area contributed by atoms with Gasteiger partial charge in [-0.2, -0.15) is 0 Å². The van der Waals surface area contributed by atoms with Gasteiger partial charge in [-0.3, -0.25) is 9.97 Å². The van der Waals surface area contributed by atoms with Crippen molar-refractivity contribution in [2.75, 3.05) is 0 Å². The number of rotatable bonds is 1. The second-order valence-electron chi connectivity index (χ2n) is 4.25. The van der Waals surface area contributed by atoms with E-state index in [0.717, 1.165) is 11.3 Å². The van der Waals surface area contributed by atoms with Crippen LogP contribution < -0.4 is 0 Å². The van der Waals surface area contributed by atoms with Crippen LogP contribution in [0.3, 0.4) is 0 Å². The summed E-state index contributed by atoms with van der Waals surface area (Å²) in [7, 11) is 2.07. The van der Waals surface area contributed by atoms with Crippen molar-refractivity contribution in [3.63, 3.8) is 0 Å². The molecule has 2 aromatic heterocycles. The average molecular weight is 223 g/mol. The highest BCUT2D eigenvalue weighted by Gasteiger charge is 2.05. The van der Waals surface area contributed by atoms with Crippen LogP contribution in [0.5, 0.6) is 0 Å². The summed E-state index contributed by atoms with van der Waals surface area (Å²) < 4.78 is 2.14. The summed E-state index contributed by atoms with van der Waals surface area (Å²) >= 11 is 0. The molecule has 0 N–H and O–H groups in total. The van der Waals surface area contributed by atoms with Crippen LogP contribution in [0.1, 0.15) is 5.56 Å². The fourth-order valence-corrected chi connectivity index (χ4v) is 2.20. The van der Waals surface area contributed by atoms with Gasteiger partial charge in [-0.05, 0) is 24.6 Å². The third kappa shape index (κ3) is 1.60. The highest BCUT2D eigenvalue weighted by molar-refractivity contribution is 5.87. The number of fused-ring (bicyclic) bond motifs is 1. The van der Waals surface area contributed by atoms with Gasteiger partial charge < -0.3 is 4.57 Å². The van der Waals surface area contributed by atoms with E-state index >= 15 is 0 Å². The number of nitrogens with zero attached hydrogens (tertiary/aromatic N) is 3. The van der Waals surface area contributed by atoms with Crippen LogP contribution in [0.2, 0.25) is 0 Å². The Hall–Kier alpha value is -2.16. The topological polar surface area (TPSA) is 30.7 Å². The lowest BCUT2D eigenvalue weighted by atomic mass is 10.1. The summed E-state index contributed by atoms with van der Waals surface area (Å²) in [4.78, 5) is 8.42. The smallest absolute Gasteiger partial charge is 0.0885 e. The van der Waals surface area contributed by atoms with Crippen LogP contribution in [-0.4, -0.2) is 14.5 Å². The predicted molar refractivity (Wildman–Crippen MR) is 68.7 cm³/mol. The Bertz CT molecular complexity index is 669. The van der Waals surface area contributed by atoms with Gasteiger partial charge >= 0.3 is 0 Å². The van der Waals surface area contributed by atoms with Crippen molar-refractivity contribution < 1.29 is 0 Å². The maximum absolute atomic E-state index is 4.32. The Kier molecular flexibility index (Phi) is 2.18. The Balaban J connectivity index is 2.24. The van der Waals surface area contributed by atoms with Gasteiger partial charge in [0.25, 0.3) is 0 Å². The van der Waals surface area contributed by atoms with Gasteiger partial charge in [-0.1, -0.05) is 6.07 Å². The molecule has 3 nitrogen and oxygen atoms in total. The molecule has 0 amide bonds. The molecule has 2 heterocycles. The summed E-state index contributed by atoms with van der Waals surface area (Å²) in [5.41, 5.74) is 4.56. The van der Waals surface area contributed by atoms with Crippen molar-refractivity contribution in [1.29, 1.82) is 0 Å². The van der Waals surface area contributed by atoms with Crippen LogP contribution in [0, 0.1) is 6.92 Å². The first-order valence-electron chi connectivity index (χ1n) is 5.58. The van der Waals surface area contributed by atoms with Gasteiger partial charge in [0, 0.05) is 42.1 Å². The van der Waals surface area contributed by atoms with Gasteiger partial charge in [-0.15, -0.1) is 0 Å². The molecule has 0 saturated heterocycles. The molecule has 0 radical (unpaired) electrons. The fraction of sp³-hybridized carbons (Fsp3) is 0.143. The van der Waals surface area contributed by atoms with E-state index in [0.29, 0.717) is 0 Å². The molecule has 0 saturated carbocycles. The molecule has 17 heavy (non-hydrogen) atoms. The van der Waals surface area contributed by atoms with Gasteiger partial charge in [-0.25, -0.2) is 0 Å². The van der Waals surface area contributed by atoms with Crippen LogP contribution >= 0.6 is 0 Å². The highest BCUT2D eigenvalue weighted by Crippen LogP contribution is 2.25. The van der Waals surface area contributed by atoms with Crippen LogP contribution in [-0.2, 0) is 7.05 Å². The zero-order valence-corrected chi connectivity index (χ0v) is 9.88. The summed E-state index contributed by atoms with van der Waals surface area (Å²) in [5.74, 6) is 0. The first-order valence-corrected chi connectivity index (χ1v) is 5.58. The molecule has 84 valence electrons. The van der Waals surface area contributed by atoms with Crippen LogP contribution in [0.15, 0.2) is 43.0 Å². The minimum Gasteiger partial charge on any atom is -0.350 e.